The zero-order chi connectivity index (χ0) is 13.1. The molecule has 1 aromatic carbocycles. The molecule has 0 saturated heterocycles. The molecule has 1 heterocycles. The Labute approximate surface area is 109 Å². The van der Waals surface area contributed by atoms with Crippen LogP contribution in [0, 0.1) is 23.0 Å². The summed E-state index contributed by atoms with van der Waals surface area (Å²) < 4.78 is 26.8. The molecule has 2 aromatic rings. The van der Waals surface area contributed by atoms with Crippen LogP contribution in [0.1, 0.15) is 5.69 Å². The van der Waals surface area contributed by atoms with Crippen LogP contribution in [0.5, 0.6) is 0 Å². The van der Waals surface area contributed by atoms with Crippen molar-refractivity contribution in [2.45, 2.75) is 0 Å². The molecule has 0 aliphatic carbocycles. The van der Waals surface area contributed by atoms with Crippen LogP contribution in [0.15, 0.2) is 29.0 Å². The molecule has 0 saturated carbocycles. The molecular weight excluding hydrogens is 306 g/mol. The molecule has 0 amide bonds. The number of benzene rings is 1. The fourth-order valence-corrected chi connectivity index (χ4v) is 1.52. The number of anilines is 2. The van der Waals surface area contributed by atoms with E-state index < -0.39 is 11.6 Å². The number of nitrogens with one attached hydrogen (secondary N) is 1. The predicted octanol–water partition coefficient (Wildman–Crippen LogP) is 3.13. The Morgan fingerprint density at radius 1 is 1.17 bits per heavy atom. The number of nitriles is 1. The smallest absolute Gasteiger partial charge is 0.158 e. The quantitative estimate of drug-likeness (QED) is 0.866. The van der Waals surface area contributed by atoms with E-state index in [1.54, 1.807) is 6.07 Å². The van der Waals surface area contributed by atoms with Crippen LogP contribution in [0.2, 0.25) is 0 Å². The highest BCUT2D eigenvalue weighted by atomic mass is 79.9. The molecule has 1 N–H and O–H groups in total. The second-order valence-corrected chi connectivity index (χ2v) is 4.12. The monoisotopic (exact) mass is 310 g/mol. The lowest BCUT2D eigenvalue weighted by molar-refractivity contribution is 0.597. The number of rotatable bonds is 2. The van der Waals surface area contributed by atoms with E-state index in [2.05, 4.69) is 31.2 Å². The Hall–Kier alpha value is -2.07. The average molecular weight is 311 g/mol. The van der Waals surface area contributed by atoms with E-state index in [0.29, 0.717) is 0 Å². The number of halogens is 3. The van der Waals surface area contributed by atoms with Gasteiger partial charge in [0, 0.05) is 6.07 Å². The fraction of sp³-hybridized carbons (Fsp3) is 0. The van der Waals surface area contributed by atoms with Crippen LogP contribution in [0.4, 0.5) is 20.3 Å². The Kier molecular flexibility index (Phi) is 3.48. The van der Waals surface area contributed by atoms with E-state index in [1.165, 1.54) is 12.4 Å². The Morgan fingerprint density at radius 3 is 2.56 bits per heavy atom. The van der Waals surface area contributed by atoms with Gasteiger partial charge in [0.15, 0.2) is 5.69 Å². The van der Waals surface area contributed by atoms with E-state index in [-0.39, 0.29) is 21.7 Å². The van der Waals surface area contributed by atoms with E-state index >= 15 is 0 Å². The third-order valence-electron chi connectivity index (χ3n) is 2.04. The van der Waals surface area contributed by atoms with Crippen LogP contribution in [-0.4, -0.2) is 9.97 Å². The third-order valence-corrected chi connectivity index (χ3v) is 2.65. The molecule has 2 rings (SSSR count). The maximum atomic E-state index is 13.5. The maximum absolute atomic E-state index is 13.5. The first-order valence-electron chi connectivity index (χ1n) is 4.74. The van der Waals surface area contributed by atoms with E-state index in [4.69, 9.17) is 5.26 Å². The van der Waals surface area contributed by atoms with Gasteiger partial charge in [-0.3, -0.25) is 0 Å². The molecule has 0 atom stereocenters. The van der Waals surface area contributed by atoms with Gasteiger partial charge < -0.3 is 5.32 Å². The minimum absolute atomic E-state index is 0.0384. The van der Waals surface area contributed by atoms with Gasteiger partial charge >= 0.3 is 0 Å². The van der Waals surface area contributed by atoms with Gasteiger partial charge in [0.25, 0.3) is 0 Å². The van der Waals surface area contributed by atoms with Gasteiger partial charge in [0.2, 0.25) is 0 Å². The summed E-state index contributed by atoms with van der Waals surface area (Å²) in [6, 6.07) is 3.81. The molecule has 0 aliphatic rings. The van der Waals surface area contributed by atoms with Crippen molar-refractivity contribution in [1.82, 2.24) is 9.97 Å². The Balaban J connectivity index is 2.28. The molecule has 90 valence electrons. The first-order chi connectivity index (χ1) is 8.60. The maximum Gasteiger partial charge on any atom is 0.158 e. The van der Waals surface area contributed by atoms with Crippen molar-refractivity contribution in [1.29, 1.82) is 5.26 Å². The zero-order valence-corrected chi connectivity index (χ0v) is 10.4. The second kappa shape index (κ2) is 5.06. The average Bonchev–Trinajstić information content (AvgIpc) is 2.37. The second-order valence-electron chi connectivity index (χ2n) is 3.27. The minimum Gasteiger partial charge on any atom is -0.336 e. The van der Waals surface area contributed by atoms with Gasteiger partial charge in [-0.05, 0) is 22.0 Å². The van der Waals surface area contributed by atoms with Crippen molar-refractivity contribution in [3.05, 3.63) is 46.3 Å². The summed E-state index contributed by atoms with van der Waals surface area (Å²) in [4.78, 5) is 7.59. The SMILES string of the molecule is N#Cc1cnc(Nc2cc(F)c(Br)cc2F)cn1. The Bertz CT molecular complexity index is 622. The van der Waals surface area contributed by atoms with E-state index in [1.807, 2.05) is 0 Å². The van der Waals surface area contributed by atoms with Crippen molar-refractivity contribution in [3.63, 3.8) is 0 Å². The Morgan fingerprint density at radius 2 is 1.94 bits per heavy atom. The number of nitrogens with zero attached hydrogens (tertiary/aromatic N) is 3. The molecule has 7 heteroatoms. The summed E-state index contributed by atoms with van der Waals surface area (Å²) in [5.74, 6) is -1.01. The molecule has 0 bridgehead atoms. The van der Waals surface area contributed by atoms with Gasteiger partial charge in [0.05, 0.1) is 22.6 Å². The van der Waals surface area contributed by atoms with E-state index in [0.717, 1.165) is 12.1 Å². The number of hydrogen-bond acceptors (Lipinski definition) is 4. The van der Waals surface area contributed by atoms with Crippen molar-refractivity contribution < 1.29 is 8.78 Å². The van der Waals surface area contributed by atoms with Gasteiger partial charge in [0.1, 0.15) is 23.5 Å². The third kappa shape index (κ3) is 2.60. The summed E-state index contributed by atoms with van der Waals surface area (Å²) in [5.41, 5.74) is 0.0812. The highest BCUT2D eigenvalue weighted by Gasteiger charge is 2.09. The van der Waals surface area contributed by atoms with Crippen LogP contribution in [-0.2, 0) is 0 Å². The number of hydrogen-bond donors (Lipinski definition) is 1. The van der Waals surface area contributed by atoms with E-state index in [9.17, 15) is 8.78 Å². The van der Waals surface area contributed by atoms with Gasteiger partial charge in [-0.15, -0.1) is 0 Å². The molecule has 18 heavy (non-hydrogen) atoms. The van der Waals surface area contributed by atoms with Crippen molar-refractivity contribution in [3.8, 4) is 6.07 Å². The molecule has 0 aliphatic heterocycles. The molecule has 1 aromatic heterocycles. The highest BCUT2D eigenvalue weighted by molar-refractivity contribution is 9.10. The lowest BCUT2D eigenvalue weighted by Crippen LogP contribution is -1.99. The molecule has 0 unspecified atom stereocenters. The molecule has 0 fully saturated rings. The first kappa shape index (κ1) is 12.4. The molecular formula is C11H5BrF2N4. The van der Waals surface area contributed by atoms with Gasteiger partial charge in [-0.1, -0.05) is 0 Å². The lowest BCUT2D eigenvalue weighted by Gasteiger charge is -2.07. The van der Waals surface area contributed by atoms with Crippen molar-refractivity contribution >= 4 is 27.4 Å². The standard InChI is InChI=1S/C11H5BrF2N4/c12-7-1-9(14)10(2-8(7)13)18-11-5-16-6(3-15)4-17-11/h1-2,4-5H,(H,17,18). The summed E-state index contributed by atoms with van der Waals surface area (Å²) in [6.45, 7) is 0. The normalized spacial score (nSPS) is 9.89. The van der Waals surface area contributed by atoms with Crippen molar-refractivity contribution in [2.24, 2.45) is 0 Å². The summed E-state index contributed by atoms with van der Waals surface area (Å²) in [6.07, 6.45) is 2.49. The first-order valence-corrected chi connectivity index (χ1v) is 5.53. The lowest BCUT2D eigenvalue weighted by atomic mass is 10.3. The topological polar surface area (TPSA) is 61.6 Å². The molecule has 0 radical (unpaired) electrons. The summed E-state index contributed by atoms with van der Waals surface area (Å²) in [5, 5.41) is 11.1. The summed E-state index contributed by atoms with van der Waals surface area (Å²) >= 11 is 2.88. The van der Waals surface area contributed by atoms with Crippen LogP contribution in [0.25, 0.3) is 0 Å². The number of aromatic nitrogens is 2. The van der Waals surface area contributed by atoms with Crippen molar-refractivity contribution in [2.75, 3.05) is 5.32 Å². The minimum atomic E-state index is -0.630. The fourth-order valence-electron chi connectivity index (χ4n) is 1.21. The predicted molar refractivity (Wildman–Crippen MR) is 64.1 cm³/mol. The van der Waals surface area contributed by atoms with Crippen LogP contribution in [0.3, 0.4) is 0 Å². The summed E-state index contributed by atoms with van der Waals surface area (Å²) in [7, 11) is 0. The van der Waals surface area contributed by atoms with Crippen LogP contribution >= 0.6 is 15.9 Å². The molecule has 0 spiro atoms. The van der Waals surface area contributed by atoms with Gasteiger partial charge in [-0.2, -0.15) is 5.26 Å². The zero-order valence-electron chi connectivity index (χ0n) is 8.78. The largest absolute Gasteiger partial charge is 0.336 e. The van der Waals surface area contributed by atoms with Gasteiger partial charge in [-0.25, -0.2) is 18.7 Å². The molecule has 4 nitrogen and oxygen atoms in total. The highest BCUT2D eigenvalue weighted by Crippen LogP contribution is 2.25. The van der Waals surface area contributed by atoms with Crippen LogP contribution < -0.4 is 5.32 Å².